The molecule has 17 heavy (non-hydrogen) atoms. The number of methoxy groups -OCH3 is 1. The maximum Gasteiger partial charge on any atom is 0.137 e. The number of benzene rings is 1. The maximum absolute atomic E-state index is 9.83. The molecule has 4 heteroatoms. The molecule has 0 spiro atoms. The summed E-state index contributed by atoms with van der Waals surface area (Å²) in [6.07, 6.45) is 0.186. The highest BCUT2D eigenvalue weighted by Crippen LogP contribution is 2.25. The summed E-state index contributed by atoms with van der Waals surface area (Å²) >= 11 is 6.02. The van der Waals surface area contributed by atoms with Gasteiger partial charge < -0.3 is 15.2 Å². The van der Waals surface area contributed by atoms with E-state index in [2.05, 4.69) is 19.2 Å². The average Bonchev–Trinajstić information content (AvgIpc) is 2.26. The number of hydrogen-bond donors (Lipinski definition) is 2. The normalized spacial score (nSPS) is 12.8. The van der Waals surface area contributed by atoms with Crippen LogP contribution in [0.15, 0.2) is 18.2 Å². The Labute approximate surface area is 108 Å². The van der Waals surface area contributed by atoms with Crippen LogP contribution in [-0.2, 0) is 6.42 Å². The molecular weight excluding hydrogens is 238 g/mol. The minimum atomic E-state index is -0.401. The van der Waals surface area contributed by atoms with Gasteiger partial charge in [-0.2, -0.15) is 0 Å². The molecule has 0 bridgehead atoms. The fourth-order valence-corrected chi connectivity index (χ4v) is 1.83. The summed E-state index contributed by atoms with van der Waals surface area (Å²) in [5.41, 5.74) is 1.01. The lowest BCUT2D eigenvalue weighted by atomic mass is 10.1. The van der Waals surface area contributed by atoms with E-state index >= 15 is 0 Å². The number of halogens is 1. The van der Waals surface area contributed by atoms with Gasteiger partial charge in [0.15, 0.2) is 0 Å². The molecule has 0 saturated heterocycles. The van der Waals surface area contributed by atoms with Crippen molar-refractivity contribution in [3.05, 3.63) is 28.8 Å². The fraction of sp³-hybridized carbons (Fsp3) is 0.538. The van der Waals surface area contributed by atoms with Gasteiger partial charge in [-0.05, 0) is 24.1 Å². The number of aliphatic hydroxyl groups excluding tert-OH is 1. The molecule has 2 N–H and O–H groups in total. The fourth-order valence-electron chi connectivity index (χ4n) is 1.55. The quantitative estimate of drug-likeness (QED) is 0.821. The Morgan fingerprint density at radius 1 is 1.41 bits per heavy atom. The molecule has 0 saturated carbocycles. The highest BCUT2D eigenvalue weighted by atomic mass is 35.5. The van der Waals surface area contributed by atoms with Crippen LogP contribution < -0.4 is 10.1 Å². The molecule has 0 aliphatic heterocycles. The molecule has 1 aromatic rings. The molecule has 0 aliphatic carbocycles. The summed E-state index contributed by atoms with van der Waals surface area (Å²) in [7, 11) is 1.59. The van der Waals surface area contributed by atoms with E-state index in [-0.39, 0.29) is 0 Å². The van der Waals surface area contributed by atoms with Crippen molar-refractivity contribution in [3.8, 4) is 5.75 Å². The van der Waals surface area contributed by atoms with Crippen molar-refractivity contribution in [2.75, 3.05) is 13.7 Å². The first kappa shape index (κ1) is 14.3. The highest BCUT2D eigenvalue weighted by Gasteiger charge is 2.08. The third-order valence-electron chi connectivity index (χ3n) is 2.45. The number of rotatable bonds is 6. The lowest BCUT2D eigenvalue weighted by molar-refractivity contribution is 0.169. The van der Waals surface area contributed by atoms with Gasteiger partial charge in [-0.25, -0.2) is 0 Å². The second-order valence-electron chi connectivity index (χ2n) is 4.39. The highest BCUT2D eigenvalue weighted by molar-refractivity contribution is 6.32. The van der Waals surface area contributed by atoms with E-state index < -0.39 is 6.10 Å². The van der Waals surface area contributed by atoms with Gasteiger partial charge in [0.1, 0.15) is 5.75 Å². The molecule has 3 nitrogen and oxygen atoms in total. The van der Waals surface area contributed by atoms with Gasteiger partial charge >= 0.3 is 0 Å². The molecule has 1 aromatic carbocycles. The lowest BCUT2D eigenvalue weighted by Gasteiger charge is -2.14. The van der Waals surface area contributed by atoms with E-state index in [1.807, 2.05) is 18.2 Å². The molecule has 0 fully saturated rings. The second-order valence-corrected chi connectivity index (χ2v) is 4.80. The predicted molar refractivity (Wildman–Crippen MR) is 70.9 cm³/mol. The minimum absolute atomic E-state index is 0.379. The average molecular weight is 258 g/mol. The smallest absolute Gasteiger partial charge is 0.137 e. The Morgan fingerprint density at radius 2 is 2.12 bits per heavy atom. The van der Waals surface area contributed by atoms with E-state index in [1.54, 1.807) is 7.11 Å². The van der Waals surface area contributed by atoms with Crippen LogP contribution in [0, 0.1) is 0 Å². The molecule has 0 radical (unpaired) electrons. The first-order valence-electron chi connectivity index (χ1n) is 5.76. The molecular formula is C13H20ClNO2. The topological polar surface area (TPSA) is 41.5 Å². The molecule has 1 unspecified atom stereocenters. The van der Waals surface area contributed by atoms with Gasteiger partial charge in [-0.1, -0.05) is 31.5 Å². The van der Waals surface area contributed by atoms with Crippen molar-refractivity contribution in [3.63, 3.8) is 0 Å². The Morgan fingerprint density at radius 3 is 2.65 bits per heavy atom. The van der Waals surface area contributed by atoms with Crippen molar-refractivity contribution in [2.45, 2.75) is 32.4 Å². The zero-order valence-electron chi connectivity index (χ0n) is 10.5. The zero-order chi connectivity index (χ0) is 12.8. The van der Waals surface area contributed by atoms with Gasteiger partial charge in [0.05, 0.1) is 18.2 Å². The minimum Gasteiger partial charge on any atom is -0.495 e. The number of hydrogen-bond acceptors (Lipinski definition) is 3. The van der Waals surface area contributed by atoms with Crippen LogP contribution in [0.3, 0.4) is 0 Å². The monoisotopic (exact) mass is 257 g/mol. The van der Waals surface area contributed by atoms with E-state index in [0.29, 0.717) is 29.8 Å². The number of aliphatic hydroxyl groups is 1. The van der Waals surface area contributed by atoms with Crippen LogP contribution in [0.2, 0.25) is 5.02 Å². The predicted octanol–water partition coefficient (Wildman–Crippen LogP) is 2.25. The third-order valence-corrected chi connectivity index (χ3v) is 2.74. The Hall–Kier alpha value is -0.770. The Bertz CT molecular complexity index is 355. The van der Waals surface area contributed by atoms with Crippen molar-refractivity contribution >= 4 is 11.6 Å². The SMILES string of the molecule is COc1ccc(CC(O)CNC(C)C)cc1Cl. The van der Waals surface area contributed by atoms with Crippen LogP contribution in [0.1, 0.15) is 19.4 Å². The zero-order valence-corrected chi connectivity index (χ0v) is 11.3. The second kappa shape index (κ2) is 6.84. The molecule has 0 heterocycles. The molecule has 96 valence electrons. The van der Waals surface area contributed by atoms with E-state index in [0.717, 1.165) is 5.56 Å². The van der Waals surface area contributed by atoms with Gasteiger partial charge in [-0.15, -0.1) is 0 Å². The molecule has 1 rings (SSSR count). The van der Waals surface area contributed by atoms with Crippen LogP contribution in [0.5, 0.6) is 5.75 Å². The van der Waals surface area contributed by atoms with Crippen LogP contribution in [-0.4, -0.2) is 30.9 Å². The number of ether oxygens (including phenoxy) is 1. The maximum atomic E-state index is 9.83. The van der Waals surface area contributed by atoms with Crippen molar-refractivity contribution < 1.29 is 9.84 Å². The summed E-state index contributed by atoms with van der Waals surface area (Å²) in [6.45, 7) is 4.69. The molecule has 0 aromatic heterocycles. The van der Waals surface area contributed by atoms with Crippen molar-refractivity contribution in [1.82, 2.24) is 5.32 Å². The van der Waals surface area contributed by atoms with Gasteiger partial charge in [0.2, 0.25) is 0 Å². The summed E-state index contributed by atoms with van der Waals surface area (Å²) in [5, 5.41) is 13.6. The molecule has 1 atom stereocenters. The van der Waals surface area contributed by atoms with Crippen molar-refractivity contribution in [2.24, 2.45) is 0 Å². The number of nitrogens with one attached hydrogen (secondary N) is 1. The lowest BCUT2D eigenvalue weighted by Crippen LogP contribution is -2.33. The van der Waals surface area contributed by atoms with Gasteiger partial charge in [0, 0.05) is 12.6 Å². The Kier molecular flexibility index (Phi) is 5.75. The molecule has 0 aliphatic rings. The summed E-state index contributed by atoms with van der Waals surface area (Å²) in [5.74, 6) is 0.658. The van der Waals surface area contributed by atoms with E-state index in [4.69, 9.17) is 16.3 Å². The first-order valence-corrected chi connectivity index (χ1v) is 6.14. The van der Waals surface area contributed by atoms with Crippen LogP contribution in [0.25, 0.3) is 0 Å². The van der Waals surface area contributed by atoms with Crippen LogP contribution in [0.4, 0.5) is 0 Å². The summed E-state index contributed by atoms with van der Waals surface area (Å²) in [4.78, 5) is 0. The van der Waals surface area contributed by atoms with E-state index in [9.17, 15) is 5.11 Å². The Balaban J connectivity index is 2.53. The first-order chi connectivity index (χ1) is 8.02. The summed E-state index contributed by atoms with van der Waals surface area (Å²) in [6, 6.07) is 5.95. The molecule has 0 amide bonds. The van der Waals surface area contributed by atoms with Gasteiger partial charge in [-0.3, -0.25) is 0 Å². The standard InChI is InChI=1S/C13H20ClNO2/c1-9(2)15-8-11(16)6-10-4-5-13(17-3)12(14)7-10/h4-5,7,9,11,15-16H,6,8H2,1-3H3. The third kappa shape index (κ3) is 4.94. The van der Waals surface area contributed by atoms with Crippen molar-refractivity contribution in [1.29, 1.82) is 0 Å². The van der Waals surface area contributed by atoms with Crippen LogP contribution >= 0.6 is 11.6 Å². The largest absolute Gasteiger partial charge is 0.495 e. The summed E-state index contributed by atoms with van der Waals surface area (Å²) < 4.78 is 5.08. The van der Waals surface area contributed by atoms with Gasteiger partial charge in [0.25, 0.3) is 0 Å². The van der Waals surface area contributed by atoms with E-state index in [1.165, 1.54) is 0 Å².